The van der Waals surface area contributed by atoms with Crippen LogP contribution < -0.4 is 5.32 Å². The van der Waals surface area contributed by atoms with Gasteiger partial charge in [0.2, 0.25) is 5.91 Å². The van der Waals surface area contributed by atoms with Gasteiger partial charge in [-0.3, -0.25) is 9.59 Å². The van der Waals surface area contributed by atoms with Crippen LogP contribution in [0.25, 0.3) is 11.0 Å². The van der Waals surface area contributed by atoms with E-state index in [1.54, 1.807) is 29.6 Å². The Bertz CT molecular complexity index is 919. The van der Waals surface area contributed by atoms with Gasteiger partial charge in [0.25, 0.3) is 5.91 Å². The second kappa shape index (κ2) is 7.56. The van der Waals surface area contributed by atoms with Gasteiger partial charge in [0.1, 0.15) is 0 Å². The van der Waals surface area contributed by atoms with Gasteiger partial charge in [-0.15, -0.1) is 11.8 Å². The number of hydrogen-bond donors (Lipinski definition) is 1. The van der Waals surface area contributed by atoms with E-state index in [2.05, 4.69) is 22.3 Å². The molecule has 0 fully saturated rings. The van der Waals surface area contributed by atoms with Gasteiger partial charge < -0.3 is 10.2 Å². The number of amides is 2. The van der Waals surface area contributed by atoms with Gasteiger partial charge in [0.05, 0.1) is 41.6 Å². The number of hydrogen-bond acceptors (Lipinski definition) is 4. The summed E-state index contributed by atoms with van der Waals surface area (Å²) in [5.74, 6) is 5.68. The lowest BCUT2D eigenvalue weighted by molar-refractivity contribution is -0.115. The monoisotopic (exact) mass is 353 g/mol. The molecule has 0 bridgehead atoms. The number of carbonyl (C=O) groups excluding carboxylic acids is 2. The first-order valence-corrected chi connectivity index (χ1v) is 8.97. The highest BCUT2D eigenvalue weighted by atomic mass is 16.2. The maximum absolute atomic E-state index is 12.8. The number of nitrogens with zero attached hydrogens (tertiary/aromatic N) is 4. The van der Waals surface area contributed by atoms with Crippen LogP contribution in [0.5, 0.6) is 0 Å². The van der Waals surface area contributed by atoms with Crippen LogP contribution in [0.15, 0.2) is 6.20 Å². The minimum atomic E-state index is -0.133. The molecule has 7 nitrogen and oxygen atoms in total. The smallest absolute Gasteiger partial charge is 0.258 e. The summed E-state index contributed by atoms with van der Waals surface area (Å²) >= 11 is 0. The van der Waals surface area contributed by atoms with Gasteiger partial charge in [-0.05, 0) is 13.3 Å². The summed E-state index contributed by atoms with van der Waals surface area (Å²) in [7, 11) is 0. The Hall–Kier alpha value is -2.88. The van der Waals surface area contributed by atoms with Gasteiger partial charge in [0.15, 0.2) is 5.65 Å². The second-order valence-corrected chi connectivity index (χ2v) is 6.22. The highest BCUT2D eigenvalue weighted by molar-refractivity contribution is 6.13. The molecular weight excluding hydrogens is 330 g/mol. The molecule has 3 rings (SSSR count). The Kier molecular flexibility index (Phi) is 5.21. The molecule has 0 spiro atoms. The lowest BCUT2D eigenvalue weighted by Crippen LogP contribution is -2.25. The summed E-state index contributed by atoms with van der Waals surface area (Å²) in [6, 6.07) is 0. The van der Waals surface area contributed by atoms with Crippen LogP contribution in [0.4, 0.5) is 5.69 Å². The molecule has 1 N–H and O–H groups in total. The van der Waals surface area contributed by atoms with Crippen molar-refractivity contribution < 1.29 is 9.59 Å². The Morgan fingerprint density at radius 1 is 1.35 bits per heavy atom. The zero-order valence-corrected chi connectivity index (χ0v) is 15.4. The predicted molar refractivity (Wildman–Crippen MR) is 99.5 cm³/mol. The molecule has 0 saturated carbocycles. The van der Waals surface area contributed by atoms with Crippen LogP contribution in [0.1, 0.15) is 56.1 Å². The van der Waals surface area contributed by atoms with Crippen molar-refractivity contribution in [2.75, 3.05) is 11.9 Å². The quantitative estimate of drug-likeness (QED) is 0.810. The topological polar surface area (TPSA) is 80.1 Å². The highest BCUT2D eigenvalue weighted by Gasteiger charge is 2.33. The zero-order valence-electron chi connectivity index (χ0n) is 15.4. The minimum absolute atomic E-state index is 0.0766. The van der Waals surface area contributed by atoms with Crippen molar-refractivity contribution in [2.24, 2.45) is 0 Å². The van der Waals surface area contributed by atoms with Gasteiger partial charge in [-0.25, -0.2) is 9.67 Å². The van der Waals surface area contributed by atoms with Crippen LogP contribution in [-0.4, -0.2) is 38.0 Å². The van der Waals surface area contributed by atoms with Gasteiger partial charge in [-0.1, -0.05) is 13.8 Å². The first kappa shape index (κ1) is 17.9. The van der Waals surface area contributed by atoms with Crippen molar-refractivity contribution in [3.8, 4) is 11.8 Å². The van der Waals surface area contributed by atoms with Gasteiger partial charge in [-0.2, -0.15) is 5.10 Å². The molecule has 7 heteroatoms. The van der Waals surface area contributed by atoms with Crippen LogP contribution in [0, 0.1) is 11.8 Å². The normalized spacial score (nSPS) is 12.9. The molecule has 136 valence electrons. The van der Waals surface area contributed by atoms with E-state index in [1.165, 1.54) is 0 Å². The second-order valence-electron chi connectivity index (χ2n) is 6.22. The molecule has 1 aliphatic heterocycles. The first-order valence-electron chi connectivity index (χ1n) is 8.97. The SMILES string of the molecule is CC#CCCn1ncc2c(NC(=O)CC)c3c(nc21)CN(CCC)C3=O. The Labute approximate surface area is 152 Å². The molecule has 0 radical (unpaired) electrons. The van der Waals surface area contributed by atoms with E-state index >= 15 is 0 Å². The third kappa shape index (κ3) is 3.15. The molecule has 3 heterocycles. The fourth-order valence-electron chi connectivity index (χ4n) is 3.15. The van der Waals surface area contributed by atoms with Crippen molar-refractivity contribution in [1.29, 1.82) is 0 Å². The number of aromatic nitrogens is 3. The molecule has 2 aromatic rings. The number of rotatable bonds is 6. The number of fused-ring (bicyclic) bond motifs is 2. The van der Waals surface area contributed by atoms with E-state index in [-0.39, 0.29) is 11.8 Å². The number of carbonyl (C=O) groups is 2. The van der Waals surface area contributed by atoms with Crippen LogP contribution >= 0.6 is 0 Å². The minimum Gasteiger partial charge on any atom is -0.333 e. The van der Waals surface area contributed by atoms with Crippen LogP contribution in [0.2, 0.25) is 0 Å². The number of anilines is 1. The molecule has 0 saturated heterocycles. The number of aryl methyl sites for hydroxylation is 1. The maximum atomic E-state index is 12.8. The van der Waals surface area contributed by atoms with Gasteiger partial charge >= 0.3 is 0 Å². The molecule has 2 aromatic heterocycles. The summed E-state index contributed by atoms with van der Waals surface area (Å²) in [4.78, 5) is 31.4. The Balaban J connectivity index is 2.11. The van der Waals surface area contributed by atoms with E-state index in [0.717, 1.165) is 6.42 Å². The molecule has 2 amide bonds. The fraction of sp³-hybridized carbons (Fsp3) is 0.474. The predicted octanol–water partition coefficient (Wildman–Crippen LogP) is 2.56. The van der Waals surface area contributed by atoms with E-state index in [4.69, 9.17) is 4.98 Å². The third-order valence-electron chi connectivity index (χ3n) is 4.41. The molecule has 0 aromatic carbocycles. The standard InChI is InChI=1S/C19H23N5O2/c1-4-7-8-10-24-18-13(11-20-24)17(22-15(25)6-3)16-14(21-18)12-23(9-5-2)19(16)26/h11H,5-6,8-10,12H2,1-3H3,(H,21,22,25). The first-order chi connectivity index (χ1) is 12.6. The maximum Gasteiger partial charge on any atom is 0.258 e. The summed E-state index contributed by atoms with van der Waals surface area (Å²) in [5.41, 5.74) is 2.42. The van der Waals surface area contributed by atoms with E-state index in [9.17, 15) is 9.59 Å². The summed E-state index contributed by atoms with van der Waals surface area (Å²) in [5, 5.41) is 7.99. The van der Waals surface area contributed by atoms with Crippen molar-refractivity contribution in [1.82, 2.24) is 19.7 Å². The molecule has 26 heavy (non-hydrogen) atoms. The fourth-order valence-corrected chi connectivity index (χ4v) is 3.15. The van der Waals surface area contributed by atoms with Crippen molar-refractivity contribution in [2.45, 2.75) is 53.1 Å². The molecule has 1 aliphatic rings. The lowest BCUT2D eigenvalue weighted by Gasteiger charge is -2.13. The van der Waals surface area contributed by atoms with Gasteiger partial charge in [0, 0.05) is 19.4 Å². The molecule has 0 aliphatic carbocycles. The Morgan fingerprint density at radius 3 is 2.85 bits per heavy atom. The summed E-state index contributed by atoms with van der Waals surface area (Å²) in [6.07, 6.45) is 3.55. The largest absolute Gasteiger partial charge is 0.333 e. The molecule has 0 atom stereocenters. The van der Waals surface area contributed by atoms with Crippen molar-refractivity contribution in [3.05, 3.63) is 17.5 Å². The Morgan fingerprint density at radius 2 is 2.15 bits per heavy atom. The summed E-state index contributed by atoms with van der Waals surface area (Å²) in [6.45, 7) is 7.37. The van der Waals surface area contributed by atoms with Crippen molar-refractivity contribution >= 4 is 28.5 Å². The zero-order chi connectivity index (χ0) is 18.7. The number of nitrogens with one attached hydrogen (secondary N) is 1. The molecular formula is C19H23N5O2. The molecule has 0 unspecified atom stereocenters. The lowest BCUT2D eigenvalue weighted by atomic mass is 10.1. The van der Waals surface area contributed by atoms with E-state index < -0.39 is 0 Å². The van der Waals surface area contributed by atoms with Crippen molar-refractivity contribution in [3.63, 3.8) is 0 Å². The van der Waals surface area contributed by atoms with E-state index in [1.807, 2.05) is 6.92 Å². The van der Waals surface area contributed by atoms with E-state index in [0.29, 0.717) is 60.5 Å². The van der Waals surface area contributed by atoms with Crippen LogP contribution in [-0.2, 0) is 17.9 Å². The average molecular weight is 353 g/mol. The number of pyridine rings is 1. The third-order valence-corrected chi connectivity index (χ3v) is 4.41. The van der Waals surface area contributed by atoms with Crippen LogP contribution in [0.3, 0.4) is 0 Å². The summed E-state index contributed by atoms with van der Waals surface area (Å²) < 4.78 is 1.79. The average Bonchev–Trinajstić information content (AvgIpc) is 3.17. The highest BCUT2D eigenvalue weighted by Crippen LogP contribution is 2.34.